The molecule has 5 N–H and O–H groups in total. The van der Waals surface area contributed by atoms with Crippen LogP contribution < -0.4 is 16.6 Å². The number of aliphatic carboxylic acids is 1. The molecule has 0 rings (SSSR count). The zero-order valence-electron chi connectivity index (χ0n) is 14.4. The highest BCUT2D eigenvalue weighted by molar-refractivity contribution is 5.63. The maximum atomic E-state index is 10.0. The Hall–Kier alpha value is -0.610. The molecule has 0 aliphatic heterocycles. The van der Waals surface area contributed by atoms with Gasteiger partial charge in [-0.15, -0.1) is 0 Å². The first-order chi connectivity index (χ1) is 9.23. The number of hydrogen-bond donors (Lipinski definition) is 2. The van der Waals surface area contributed by atoms with E-state index >= 15 is 0 Å². The van der Waals surface area contributed by atoms with Crippen LogP contribution in [0.4, 0.5) is 0 Å². The van der Waals surface area contributed by atoms with E-state index in [4.69, 9.17) is 5.73 Å². The highest BCUT2D eigenvalue weighted by atomic mass is 16.4. The lowest BCUT2D eigenvalue weighted by Gasteiger charge is -2.01. The van der Waals surface area contributed by atoms with Crippen LogP contribution in [0.25, 0.3) is 0 Å². The molecule has 20 heavy (non-hydrogen) atoms. The van der Waals surface area contributed by atoms with Crippen molar-refractivity contribution in [2.24, 2.45) is 5.73 Å². The van der Waals surface area contributed by atoms with Crippen molar-refractivity contribution in [3.05, 3.63) is 0 Å². The van der Waals surface area contributed by atoms with Crippen LogP contribution >= 0.6 is 0 Å². The van der Waals surface area contributed by atoms with E-state index in [1.54, 1.807) is 0 Å². The van der Waals surface area contributed by atoms with Crippen LogP contribution in [0.5, 0.6) is 0 Å². The lowest BCUT2D eigenvalue weighted by atomic mass is 10.1. The van der Waals surface area contributed by atoms with E-state index < -0.39 is 5.97 Å². The SMILES string of the molecule is CC(C)N.CC(C)[NH3+].CCCCCCCCCC(=O)[O-]. The Labute approximate surface area is 126 Å². The summed E-state index contributed by atoms with van der Waals surface area (Å²) >= 11 is 0. The fourth-order valence-corrected chi connectivity index (χ4v) is 1.23. The molecule has 0 spiro atoms. The minimum atomic E-state index is -0.913. The third kappa shape index (κ3) is 66.4. The lowest BCUT2D eigenvalue weighted by molar-refractivity contribution is -0.407. The Morgan fingerprint density at radius 1 is 1.00 bits per heavy atom. The molecule has 0 amide bonds. The fraction of sp³-hybridized carbons (Fsp3) is 0.938. The fourth-order valence-electron chi connectivity index (χ4n) is 1.23. The number of unbranched alkanes of at least 4 members (excludes halogenated alkanes) is 6. The molecule has 0 aromatic carbocycles. The molecule has 4 nitrogen and oxygen atoms in total. The van der Waals surface area contributed by atoms with Crippen LogP contribution in [0.15, 0.2) is 0 Å². The van der Waals surface area contributed by atoms with Crippen LogP contribution in [0.1, 0.15) is 86.0 Å². The predicted octanol–water partition coefficient (Wildman–Crippen LogP) is 1.87. The van der Waals surface area contributed by atoms with Gasteiger partial charge in [0.15, 0.2) is 0 Å². The summed E-state index contributed by atoms with van der Waals surface area (Å²) in [5.41, 5.74) is 8.75. The van der Waals surface area contributed by atoms with E-state index in [1.165, 1.54) is 32.1 Å². The van der Waals surface area contributed by atoms with Crippen molar-refractivity contribution in [1.82, 2.24) is 0 Å². The molecule has 0 atom stereocenters. The minimum Gasteiger partial charge on any atom is -0.550 e. The van der Waals surface area contributed by atoms with Gasteiger partial charge in [-0.25, -0.2) is 0 Å². The quantitative estimate of drug-likeness (QED) is 0.668. The molecule has 0 radical (unpaired) electrons. The second kappa shape index (κ2) is 20.7. The number of carbonyl (C=O) groups is 1. The average molecular weight is 290 g/mol. The first-order valence-corrected chi connectivity index (χ1v) is 8.02. The van der Waals surface area contributed by atoms with E-state index in [0.29, 0.717) is 12.1 Å². The summed E-state index contributed by atoms with van der Waals surface area (Å²) in [4.78, 5) is 10.0. The standard InChI is InChI=1S/C10H20O2.2C3H9N/c1-2-3-4-5-6-7-8-9-10(11)12;2*1-3(2)4/h2-9H2,1H3,(H,11,12);2*3H,4H2,1-2H3. The zero-order valence-corrected chi connectivity index (χ0v) is 14.4. The highest BCUT2D eigenvalue weighted by Gasteiger charge is 1.90. The Morgan fingerprint density at radius 2 is 1.30 bits per heavy atom. The van der Waals surface area contributed by atoms with E-state index in [0.717, 1.165) is 12.8 Å². The number of rotatable bonds is 8. The van der Waals surface area contributed by atoms with Crippen molar-refractivity contribution in [3.8, 4) is 0 Å². The number of carboxylic acids is 1. The molecule has 0 fully saturated rings. The Kier molecular flexibility index (Phi) is 25.3. The predicted molar refractivity (Wildman–Crippen MR) is 85.0 cm³/mol. The number of carboxylic acid groups (broad SMARTS) is 1. The summed E-state index contributed by atoms with van der Waals surface area (Å²) in [6.45, 7) is 10.2. The largest absolute Gasteiger partial charge is 0.550 e. The van der Waals surface area contributed by atoms with Crippen molar-refractivity contribution < 1.29 is 15.6 Å². The van der Waals surface area contributed by atoms with E-state index in [2.05, 4.69) is 26.5 Å². The van der Waals surface area contributed by atoms with Gasteiger partial charge >= 0.3 is 0 Å². The van der Waals surface area contributed by atoms with Crippen LogP contribution in [0.2, 0.25) is 0 Å². The zero-order chi connectivity index (χ0) is 16.4. The maximum absolute atomic E-state index is 10.0. The minimum absolute atomic E-state index is 0.230. The van der Waals surface area contributed by atoms with Gasteiger partial charge in [-0.05, 0) is 32.7 Å². The first kappa shape index (κ1) is 24.4. The molecule has 4 heteroatoms. The summed E-state index contributed by atoms with van der Waals surface area (Å²) in [5, 5.41) is 10.0. The van der Waals surface area contributed by atoms with Crippen LogP contribution in [-0.2, 0) is 4.79 Å². The normalized spacial score (nSPS) is 9.65. The smallest absolute Gasteiger partial charge is 0.0786 e. The van der Waals surface area contributed by atoms with E-state index in [1.807, 2.05) is 13.8 Å². The first-order valence-electron chi connectivity index (χ1n) is 8.02. The molecule has 0 saturated heterocycles. The van der Waals surface area contributed by atoms with Gasteiger partial charge in [0, 0.05) is 5.97 Å². The molecule has 0 aliphatic rings. The molecule has 0 aliphatic carbocycles. The third-order valence-corrected chi connectivity index (χ3v) is 1.98. The third-order valence-electron chi connectivity index (χ3n) is 1.98. The van der Waals surface area contributed by atoms with Crippen molar-refractivity contribution in [2.45, 2.75) is 98.1 Å². The van der Waals surface area contributed by atoms with Gasteiger partial charge in [0.2, 0.25) is 0 Å². The van der Waals surface area contributed by atoms with Gasteiger partial charge in [0.05, 0.1) is 6.04 Å². The number of quaternary nitrogens is 1. The van der Waals surface area contributed by atoms with Gasteiger partial charge in [0.1, 0.15) is 0 Å². The van der Waals surface area contributed by atoms with Gasteiger partial charge in [-0.2, -0.15) is 0 Å². The Bertz CT molecular complexity index is 172. The van der Waals surface area contributed by atoms with Crippen molar-refractivity contribution >= 4 is 5.97 Å². The number of nitrogens with two attached hydrogens (primary N) is 1. The summed E-state index contributed by atoms with van der Waals surface area (Å²) in [6.07, 6.45) is 8.34. The van der Waals surface area contributed by atoms with Crippen LogP contribution in [0, 0.1) is 0 Å². The summed E-state index contributed by atoms with van der Waals surface area (Å²) < 4.78 is 0. The van der Waals surface area contributed by atoms with E-state index in [9.17, 15) is 9.90 Å². The van der Waals surface area contributed by atoms with Crippen molar-refractivity contribution in [3.63, 3.8) is 0 Å². The van der Waals surface area contributed by atoms with Gasteiger partial charge in [0.25, 0.3) is 0 Å². The summed E-state index contributed by atoms with van der Waals surface area (Å²) in [7, 11) is 0. The van der Waals surface area contributed by atoms with Crippen LogP contribution in [0.3, 0.4) is 0 Å². The maximum Gasteiger partial charge on any atom is 0.0786 e. The number of carbonyl (C=O) groups excluding carboxylic acids is 1. The molecule has 0 bridgehead atoms. The molecule has 0 aromatic heterocycles. The van der Waals surface area contributed by atoms with E-state index in [-0.39, 0.29) is 6.42 Å². The topological polar surface area (TPSA) is 93.8 Å². The molecule has 0 unspecified atom stereocenters. The monoisotopic (exact) mass is 290 g/mol. The van der Waals surface area contributed by atoms with Gasteiger partial charge in [-0.1, -0.05) is 59.3 Å². The average Bonchev–Trinajstić information content (AvgIpc) is 2.26. The van der Waals surface area contributed by atoms with Gasteiger partial charge < -0.3 is 21.4 Å². The number of hydrogen-bond acceptors (Lipinski definition) is 3. The molecule has 124 valence electrons. The molecule has 0 heterocycles. The summed E-state index contributed by atoms with van der Waals surface area (Å²) in [5.74, 6) is -0.913. The van der Waals surface area contributed by atoms with Crippen LogP contribution in [-0.4, -0.2) is 18.1 Å². The molecular weight excluding hydrogens is 252 g/mol. The summed E-state index contributed by atoms with van der Waals surface area (Å²) in [6, 6.07) is 0.917. The highest BCUT2D eigenvalue weighted by Crippen LogP contribution is 2.07. The second-order valence-electron chi connectivity index (χ2n) is 5.88. The molecule has 0 aromatic rings. The van der Waals surface area contributed by atoms with Crippen molar-refractivity contribution in [1.29, 1.82) is 0 Å². The second-order valence-corrected chi connectivity index (χ2v) is 5.88. The molecule has 0 saturated carbocycles. The van der Waals surface area contributed by atoms with Crippen molar-refractivity contribution in [2.75, 3.05) is 0 Å². The van der Waals surface area contributed by atoms with Gasteiger partial charge in [-0.3, -0.25) is 0 Å². The Balaban J connectivity index is -0.000000297. The Morgan fingerprint density at radius 3 is 1.60 bits per heavy atom. The lowest BCUT2D eigenvalue weighted by Crippen LogP contribution is -2.57. The molecular formula is C16H38N2O2.